The molecule has 0 aliphatic rings. The lowest BCUT2D eigenvalue weighted by Gasteiger charge is -1.91. The van der Waals surface area contributed by atoms with E-state index in [0.717, 1.165) is 0 Å². The van der Waals surface area contributed by atoms with Crippen LogP contribution in [0.2, 0.25) is 0 Å². The van der Waals surface area contributed by atoms with Gasteiger partial charge in [0.05, 0.1) is 5.56 Å². The molecule has 2 heterocycles. The molecule has 0 unspecified atom stereocenters. The molecule has 0 aliphatic heterocycles. The average Bonchev–Trinajstić information content (AvgIpc) is 2.57. The molecule has 5 nitrogen and oxygen atoms in total. The number of nitrogens with zero attached hydrogens (tertiary/aromatic N) is 2. The Bertz CT molecular complexity index is 417. The van der Waals surface area contributed by atoms with Crippen LogP contribution in [-0.2, 0) is 0 Å². The van der Waals surface area contributed by atoms with E-state index in [4.69, 9.17) is 0 Å². The standard InChI is InChI=1S/C7H6N4O/c12-7-5(2-1-3-8-7)6-9-4-10-11-6/h1-4H,(H,8,12)(H,9,10,11). The summed E-state index contributed by atoms with van der Waals surface area (Å²) in [6.45, 7) is 0. The molecule has 0 radical (unpaired) electrons. The Morgan fingerprint density at radius 1 is 1.42 bits per heavy atom. The number of H-pyrrole nitrogens is 2. The maximum absolute atomic E-state index is 11.2. The third kappa shape index (κ3) is 1.01. The molecule has 5 heteroatoms. The van der Waals surface area contributed by atoms with Crippen LogP contribution in [0.5, 0.6) is 0 Å². The Morgan fingerprint density at radius 2 is 2.33 bits per heavy atom. The molecule has 2 rings (SSSR count). The van der Waals surface area contributed by atoms with E-state index in [1.54, 1.807) is 18.3 Å². The van der Waals surface area contributed by atoms with Crippen LogP contribution in [0.4, 0.5) is 0 Å². The van der Waals surface area contributed by atoms with Gasteiger partial charge < -0.3 is 4.98 Å². The van der Waals surface area contributed by atoms with Crippen LogP contribution in [0.1, 0.15) is 0 Å². The van der Waals surface area contributed by atoms with Crippen LogP contribution < -0.4 is 5.56 Å². The zero-order valence-corrected chi connectivity index (χ0v) is 6.11. The Balaban J connectivity index is 2.63. The minimum Gasteiger partial charge on any atom is -0.328 e. The second-order valence-electron chi connectivity index (χ2n) is 2.25. The van der Waals surface area contributed by atoms with Crippen LogP contribution >= 0.6 is 0 Å². The first-order valence-corrected chi connectivity index (χ1v) is 3.41. The maximum Gasteiger partial charge on any atom is 0.259 e. The van der Waals surface area contributed by atoms with Gasteiger partial charge in [-0.25, -0.2) is 4.98 Å². The van der Waals surface area contributed by atoms with Gasteiger partial charge in [-0.3, -0.25) is 9.89 Å². The largest absolute Gasteiger partial charge is 0.328 e. The molecule has 0 saturated carbocycles. The van der Waals surface area contributed by atoms with Gasteiger partial charge in [-0.1, -0.05) is 0 Å². The zero-order chi connectivity index (χ0) is 8.39. The number of pyridine rings is 1. The van der Waals surface area contributed by atoms with E-state index in [9.17, 15) is 4.79 Å². The molecule has 60 valence electrons. The van der Waals surface area contributed by atoms with Gasteiger partial charge >= 0.3 is 0 Å². The van der Waals surface area contributed by atoms with Crippen molar-refractivity contribution < 1.29 is 0 Å². The predicted octanol–water partition coefficient (Wildman–Crippen LogP) is 0.160. The number of hydrogen-bond acceptors (Lipinski definition) is 3. The van der Waals surface area contributed by atoms with Crippen molar-refractivity contribution in [2.45, 2.75) is 0 Å². The first-order valence-electron chi connectivity index (χ1n) is 3.41. The smallest absolute Gasteiger partial charge is 0.259 e. The number of nitrogens with one attached hydrogen (secondary N) is 2. The van der Waals surface area contributed by atoms with E-state index in [2.05, 4.69) is 20.2 Å². The molecule has 2 N–H and O–H groups in total. The molecule has 0 atom stereocenters. The van der Waals surface area contributed by atoms with E-state index < -0.39 is 0 Å². The fraction of sp³-hybridized carbons (Fsp3) is 0. The van der Waals surface area contributed by atoms with Crippen molar-refractivity contribution in [3.63, 3.8) is 0 Å². The van der Waals surface area contributed by atoms with Gasteiger partial charge in [0.15, 0.2) is 5.82 Å². The second kappa shape index (κ2) is 2.61. The fourth-order valence-electron chi connectivity index (χ4n) is 0.943. The van der Waals surface area contributed by atoms with Crippen LogP contribution in [0, 0.1) is 0 Å². The summed E-state index contributed by atoms with van der Waals surface area (Å²) < 4.78 is 0. The van der Waals surface area contributed by atoms with E-state index in [1.807, 2.05) is 0 Å². The maximum atomic E-state index is 11.2. The first kappa shape index (κ1) is 6.78. The Morgan fingerprint density at radius 3 is 3.00 bits per heavy atom. The van der Waals surface area contributed by atoms with Gasteiger partial charge in [-0.05, 0) is 12.1 Å². The van der Waals surface area contributed by atoms with Crippen LogP contribution in [-0.4, -0.2) is 20.2 Å². The van der Waals surface area contributed by atoms with E-state index in [0.29, 0.717) is 11.4 Å². The number of aromatic amines is 2. The molecule has 0 saturated heterocycles. The van der Waals surface area contributed by atoms with Crippen LogP contribution in [0.15, 0.2) is 29.5 Å². The van der Waals surface area contributed by atoms with Crippen molar-refractivity contribution in [1.82, 2.24) is 20.2 Å². The Kier molecular flexibility index (Phi) is 1.48. The summed E-state index contributed by atoms with van der Waals surface area (Å²) in [5, 5.41) is 6.26. The summed E-state index contributed by atoms with van der Waals surface area (Å²) in [6.07, 6.45) is 2.93. The van der Waals surface area contributed by atoms with Gasteiger partial charge in [-0.15, -0.1) is 0 Å². The van der Waals surface area contributed by atoms with Gasteiger partial charge in [0, 0.05) is 6.20 Å². The highest BCUT2D eigenvalue weighted by molar-refractivity contribution is 5.51. The van der Waals surface area contributed by atoms with E-state index >= 15 is 0 Å². The molecular weight excluding hydrogens is 156 g/mol. The van der Waals surface area contributed by atoms with Crippen molar-refractivity contribution in [2.24, 2.45) is 0 Å². The van der Waals surface area contributed by atoms with Crippen molar-refractivity contribution in [3.05, 3.63) is 35.0 Å². The number of rotatable bonds is 1. The molecule has 0 fully saturated rings. The highest BCUT2D eigenvalue weighted by Gasteiger charge is 2.02. The fourth-order valence-corrected chi connectivity index (χ4v) is 0.943. The number of hydrogen-bond donors (Lipinski definition) is 2. The van der Waals surface area contributed by atoms with Gasteiger partial charge in [0.2, 0.25) is 0 Å². The quantitative estimate of drug-likeness (QED) is 0.627. The molecule has 0 aromatic carbocycles. The molecule has 2 aromatic rings. The summed E-state index contributed by atoms with van der Waals surface area (Å²) in [5.41, 5.74) is 0.323. The topological polar surface area (TPSA) is 74.4 Å². The summed E-state index contributed by atoms with van der Waals surface area (Å²) in [7, 11) is 0. The lowest BCUT2D eigenvalue weighted by Crippen LogP contribution is -2.07. The Hall–Kier alpha value is -1.91. The summed E-state index contributed by atoms with van der Waals surface area (Å²) >= 11 is 0. The van der Waals surface area contributed by atoms with Crippen molar-refractivity contribution in [2.75, 3.05) is 0 Å². The third-order valence-corrected chi connectivity index (χ3v) is 1.49. The predicted molar refractivity (Wildman–Crippen MR) is 42.4 cm³/mol. The van der Waals surface area contributed by atoms with Crippen molar-refractivity contribution in [3.8, 4) is 11.4 Å². The summed E-state index contributed by atoms with van der Waals surface area (Å²) in [5.74, 6) is 0.483. The summed E-state index contributed by atoms with van der Waals surface area (Å²) in [6, 6.07) is 3.42. The van der Waals surface area contributed by atoms with Gasteiger partial charge in [0.1, 0.15) is 6.33 Å². The average molecular weight is 162 g/mol. The monoisotopic (exact) mass is 162 g/mol. The van der Waals surface area contributed by atoms with Crippen LogP contribution in [0.25, 0.3) is 11.4 Å². The van der Waals surface area contributed by atoms with Crippen LogP contribution in [0.3, 0.4) is 0 Å². The normalized spacial score (nSPS) is 10.0. The highest BCUT2D eigenvalue weighted by Crippen LogP contribution is 2.04. The molecule has 2 aromatic heterocycles. The van der Waals surface area contributed by atoms with Gasteiger partial charge in [0.25, 0.3) is 5.56 Å². The van der Waals surface area contributed by atoms with Crippen molar-refractivity contribution in [1.29, 1.82) is 0 Å². The Labute approximate surface area is 67.5 Å². The zero-order valence-electron chi connectivity index (χ0n) is 6.11. The highest BCUT2D eigenvalue weighted by atomic mass is 16.1. The lowest BCUT2D eigenvalue weighted by atomic mass is 10.3. The summed E-state index contributed by atoms with van der Waals surface area (Å²) in [4.78, 5) is 17.6. The number of aromatic nitrogens is 4. The van der Waals surface area contributed by atoms with Crippen molar-refractivity contribution >= 4 is 0 Å². The van der Waals surface area contributed by atoms with Gasteiger partial charge in [-0.2, -0.15) is 5.10 Å². The molecule has 0 bridgehead atoms. The minimum absolute atomic E-state index is 0.172. The molecule has 12 heavy (non-hydrogen) atoms. The first-order chi connectivity index (χ1) is 5.88. The second-order valence-corrected chi connectivity index (χ2v) is 2.25. The third-order valence-electron chi connectivity index (χ3n) is 1.49. The molecule has 0 spiro atoms. The molecule has 0 amide bonds. The lowest BCUT2D eigenvalue weighted by molar-refractivity contribution is 1.09. The van der Waals surface area contributed by atoms with E-state index in [-0.39, 0.29) is 5.56 Å². The molecular formula is C7H6N4O. The molecule has 0 aliphatic carbocycles. The SMILES string of the molecule is O=c1[nH]cccc1-c1ncn[nH]1. The minimum atomic E-state index is -0.172. The van der Waals surface area contributed by atoms with E-state index in [1.165, 1.54) is 6.33 Å².